The Bertz CT molecular complexity index is 381. The van der Waals surface area contributed by atoms with Crippen LogP contribution in [0.4, 0.5) is 0 Å². The highest BCUT2D eigenvalue weighted by molar-refractivity contribution is 5.76. The number of amides is 1. The van der Waals surface area contributed by atoms with Crippen molar-refractivity contribution in [3.63, 3.8) is 0 Å². The smallest absolute Gasteiger partial charge is 0.223 e. The standard InChI is InChI=1S/C16H26N2O2/c1-14(13-20-2)11-16(19)18(10-6-9-17)12-15-7-4-3-5-8-15/h3-5,7-8,14H,6,9-13,17H2,1-2H3. The number of ether oxygens (including phenoxy) is 1. The molecule has 4 nitrogen and oxygen atoms in total. The number of rotatable bonds is 9. The van der Waals surface area contributed by atoms with E-state index in [-0.39, 0.29) is 11.8 Å². The van der Waals surface area contributed by atoms with Gasteiger partial charge in [0.1, 0.15) is 0 Å². The lowest BCUT2D eigenvalue weighted by molar-refractivity contribution is -0.133. The van der Waals surface area contributed by atoms with Gasteiger partial charge in [-0.15, -0.1) is 0 Å². The predicted molar refractivity (Wildman–Crippen MR) is 81.2 cm³/mol. The molecular formula is C16H26N2O2. The second-order valence-corrected chi connectivity index (χ2v) is 5.21. The van der Waals surface area contributed by atoms with E-state index in [0.717, 1.165) is 12.0 Å². The Morgan fingerprint density at radius 2 is 2.05 bits per heavy atom. The van der Waals surface area contributed by atoms with Gasteiger partial charge < -0.3 is 15.4 Å². The largest absolute Gasteiger partial charge is 0.384 e. The average molecular weight is 278 g/mol. The Morgan fingerprint density at radius 3 is 2.65 bits per heavy atom. The monoisotopic (exact) mass is 278 g/mol. The molecule has 0 aliphatic heterocycles. The number of nitrogens with zero attached hydrogens (tertiary/aromatic N) is 1. The van der Waals surface area contributed by atoms with Crippen LogP contribution in [0.3, 0.4) is 0 Å². The van der Waals surface area contributed by atoms with Crippen LogP contribution in [0, 0.1) is 5.92 Å². The SMILES string of the molecule is COCC(C)CC(=O)N(CCCN)Cc1ccccc1. The molecule has 112 valence electrons. The van der Waals surface area contributed by atoms with Crippen LogP contribution in [0.2, 0.25) is 0 Å². The molecule has 1 aromatic carbocycles. The van der Waals surface area contributed by atoms with E-state index in [1.54, 1.807) is 7.11 Å². The molecule has 1 amide bonds. The van der Waals surface area contributed by atoms with Gasteiger partial charge in [-0.1, -0.05) is 37.3 Å². The minimum atomic E-state index is 0.173. The summed E-state index contributed by atoms with van der Waals surface area (Å²) in [6, 6.07) is 10.1. The summed E-state index contributed by atoms with van der Waals surface area (Å²) in [5.74, 6) is 0.413. The summed E-state index contributed by atoms with van der Waals surface area (Å²) in [5, 5.41) is 0. The molecule has 1 aromatic rings. The number of carbonyl (C=O) groups is 1. The minimum Gasteiger partial charge on any atom is -0.384 e. The Morgan fingerprint density at radius 1 is 1.35 bits per heavy atom. The second-order valence-electron chi connectivity index (χ2n) is 5.21. The van der Waals surface area contributed by atoms with Gasteiger partial charge in [0.05, 0.1) is 0 Å². The Hall–Kier alpha value is -1.39. The maximum absolute atomic E-state index is 12.4. The van der Waals surface area contributed by atoms with E-state index in [0.29, 0.717) is 32.7 Å². The molecule has 0 radical (unpaired) electrons. The highest BCUT2D eigenvalue weighted by Gasteiger charge is 2.16. The van der Waals surface area contributed by atoms with Gasteiger partial charge in [-0.05, 0) is 24.4 Å². The fourth-order valence-electron chi connectivity index (χ4n) is 2.15. The number of methoxy groups -OCH3 is 1. The molecule has 0 aliphatic rings. The van der Waals surface area contributed by atoms with Gasteiger partial charge in [-0.2, -0.15) is 0 Å². The molecule has 1 rings (SSSR count). The van der Waals surface area contributed by atoms with Crippen LogP contribution < -0.4 is 5.73 Å². The number of benzene rings is 1. The van der Waals surface area contributed by atoms with Crippen molar-refractivity contribution in [2.24, 2.45) is 11.7 Å². The van der Waals surface area contributed by atoms with Crippen molar-refractivity contribution in [3.8, 4) is 0 Å². The van der Waals surface area contributed by atoms with E-state index < -0.39 is 0 Å². The van der Waals surface area contributed by atoms with Crippen molar-refractivity contribution in [2.45, 2.75) is 26.3 Å². The van der Waals surface area contributed by atoms with Crippen molar-refractivity contribution in [2.75, 3.05) is 26.8 Å². The zero-order chi connectivity index (χ0) is 14.8. The lowest BCUT2D eigenvalue weighted by atomic mass is 10.1. The zero-order valence-corrected chi connectivity index (χ0v) is 12.5. The molecule has 2 N–H and O–H groups in total. The number of nitrogens with two attached hydrogens (primary N) is 1. The summed E-state index contributed by atoms with van der Waals surface area (Å²) in [6.07, 6.45) is 1.35. The Balaban J connectivity index is 2.60. The first-order valence-corrected chi connectivity index (χ1v) is 7.18. The first-order chi connectivity index (χ1) is 9.67. The fraction of sp³-hybridized carbons (Fsp3) is 0.562. The van der Waals surface area contributed by atoms with E-state index in [4.69, 9.17) is 10.5 Å². The highest BCUT2D eigenvalue weighted by atomic mass is 16.5. The topological polar surface area (TPSA) is 55.6 Å². The maximum Gasteiger partial charge on any atom is 0.223 e. The summed E-state index contributed by atoms with van der Waals surface area (Å²) in [5.41, 5.74) is 6.71. The van der Waals surface area contributed by atoms with Crippen LogP contribution in [0.5, 0.6) is 0 Å². The van der Waals surface area contributed by atoms with Crippen LogP contribution in [0.15, 0.2) is 30.3 Å². The quantitative estimate of drug-likeness (QED) is 0.752. The second kappa shape index (κ2) is 9.50. The van der Waals surface area contributed by atoms with Gasteiger partial charge in [0.25, 0.3) is 0 Å². The first kappa shape index (κ1) is 16.7. The molecule has 0 aliphatic carbocycles. The minimum absolute atomic E-state index is 0.173. The van der Waals surface area contributed by atoms with E-state index >= 15 is 0 Å². The van der Waals surface area contributed by atoms with Gasteiger partial charge in [0.2, 0.25) is 5.91 Å². The molecule has 0 saturated carbocycles. The van der Waals surface area contributed by atoms with Crippen LogP contribution in [0.25, 0.3) is 0 Å². The van der Waals surface area contributed by atoms with Gasteiger partial charge in [-0.3, -0.25) is 4.79 Å². The van der Waals surface area contributed by atoms with Crippen LogP contribution >= 0.6 is 0 Å². The summed E-state index contributed by atoms with van der Waals surface area (Å²) in [6.45, 7) is 4.61. The van der Waals surface area contributed by atoms with Gasteiger partial charge in [0, 0.05) is 33.2 Å². The molecule has 20 heavy (non-hydrogen) atoms. The lowest BCUT2D eigenvalue weighted by Crippen LogP contribution is -2.33. The maximum atomic E-state index is 12.4. The molecule has 1 unspecified atom stereocenters. The van der Waals surface area contributed by atoms with Crippen LogP contribution in [-0.4, -0.2) is 37.6 Å². The number of carbonyl (C=O) groups excluding carboxylic acids is 1. The molecule has 0 fully saturated rings. The van der Waals surface area contributed by atoms with Crippen LogP contribution in [0.1, 0.15) is 25.3 Å². The van der Waals surface area contributed by atoms with Gasteiger partial charge >= 0.3 is 0 Å². The number of hydrogen-bond donors (Lipinski definition) is 1. The van der Waals surface area contributed by atoms with Gasteiger partial charge in [0.15, 0.2) is 0 Å². The fourth-order valence-corrected chi connectivity index (χ4v) is 2.15. The molecular weight excluding hydrogens is 252 g/mol. The molecule has 0 saturated heterocycles. The third kappa shape index (κ3) is 6.17. The first-order valence-electron chi connectivity index (χ1n) is 7.18. The van der Waals surface area contributed by atoms with E-state index in [2.05, 4.69) is 0 Å². The van der Waals surface area contributed by atoms with E-state index in [1.165, 1.54) is 0 Å². The third-order valence-corrected chi connectivity index (χ3v) is 3.18. The van der Waals surface area contributed by atoms with E-state index in [1.807, 2.05) is 42.2 Å². The van der Waals surface area contributed by atoms with Crippen molar-refractivity contribution in [3.05, 3.63) is 35.9 Å². The van der Waals surface area contributed by atoms with Crippen molar-refractivity contribution < 1.29 is 9.53 Å². The Labute approximate surface area is 121 Å². The zero-order valence-electron chi connectivity index (χ0n) is 12.5. The predicted octanol–water partition coefficient (Wildman–Crippen LogP) is 2.04. The molecule has 0 bridgehead atoms. The van der Waals surface area contributed by atoms with Crippen molar-refractivity contribution in [1.29, 1.82) is 0 Å². The molecule has 4 heteroatoms. The lowest BCUT2D eigenvalue weighted by Gasteiger charge is -2.24. The Kier molecular flexibility index (Phi) is 7.92. The number of hydrogen-bond acceptors (Lipinski definition) is 3. The normalized spacial score (nSPS) is 12.2. The average Bonchev–Trinajstić information content (AvgIpc) is 2.44. The molecule has 1 atom stereocenters. The van der Waals surface area contributed by atoms with Crippen molar-refractivity contribution >= 4 is 5.91 Å². The summed E-state index contributed by atoms with van der Waals surface area (Å²) < 4.78 is 5.09. The molecule has 0 heterocycles. The van der Waals surface area contributed by atoms with Crippen LogP contribution in [-0.2, 0) is 16.1 Å². The summed E-state index contributed by atoms with van der Waals surface area (Å²) in [7, 11) is 1.66. The summed E-state index contributed by atoms with van der Waals surface area (Å²) >= 11 is 0. The van der Waals surface area contributed by atoms with E-state index in [9.17, 15) is 4.79 Å². The third-order valence-electron chi connectivity index (χ3n) is 3.18. The van der Waals surface area contributed by atoms with Gasteiger partial charge in [-0.25, -0.2) is 0 Å². The van der Waals surface area contributed by atoms with Crippen molar-refractivity contribution in [1.82, 2.24) is 4.90 Å². The molecule has 0 aromatic heterocycles. The summed E-state index contributed by atoms with van der Waals surface area (Å²) in [4.78, 5) is 14.3. The molecule has 0 spiro atoms. The highest BCUT2D eigenvalue weighted by Crippen LogP contribution is 2.11.